The molecular weight excluding hydrogens is 300 g/mol. The number of thioether (sulfide) groups is 1. The van der Waals surface area contributed by atoms with Crippen molar-refractivity contribution in [2.45, 2.75) is 10.1 Å². The molecular formula is C21H16OS. The summed E-state index contributed by atoms with van der Waals surface area (Å²) in [5, 5.41) is 0.248. The molecule has 3 aromatic carbocycles. The van der Waals surface area contributed by atoms with Crippen LogP contribution in [0.25, 0.3) is 5.76 Å². The molecule has 2 heteroatoms. The number of benzene rings is 3. The lowest BCUT2D eigenvalue weighted by atomic mass is 10.0. The number of rotatable bonds is 3. The summed E-state index contributed by atoms with van der Waals surface area (Å²) in [4.78, 5) is 1.26. The Kier molecular flexibility index (Phi) is 3.91. The SMILES string of the molecule is C1=C(c2ccccc2)Oc2ccccc2C1Sc1ccccc1. The third kappa shape index (κ3) is 3.03. The summed E-state index contributed by atoms with van der Waals surface area (Å²) in [7, 11) is 0. The molecule has 1 unspecified atom stereocenters. The normalized spacial score (nSPS) is 16.2. The molecule has 0 aliphatic carbocycles. The molecule has 23 heavy (non-hydrogen) atoms. The lowest BCUT2D eigenvalue weighted by Gasteiger charge is -2.24. The third-order valence-electron chi connectivity index (χ3n) is 3.81. The lowest BCUT2D eigenvalue weighted by Crippen LogP contribution is -2.07. The van der Waals surface area contributed by atoms with Gasteiger partial charge < -0.3 is 4.74 Å². The van der Waals surface area contributed by atoms with E-state index >= 15 is 0 Å². The number of fused-ring (bicyclic) bond motifs is 1. The lowest BCUT2D eigenvalue weighted by molar-refractivity contribution is 0.497. The van der Waals surface area contributed by atoms with E-state index in [9.17, 15) is 0 Å². The van der Waals surface area contributed by atoms with Gasteiger partial charge in [-0.15, -0.1) is 11.8 Å². The maximum absolute atomic E-state index is 6.13. The zero-order valence-corrected chi connectivity index (χ0v) is 13.4. The molecule has 0 bridgehead atoms. The van der Waals surface area contributed by atoms with Gasteiger partial charge in [-0.2, -0.15) is 0 Å². The van der Waals surface area contributed by atoms with Gasteiger partial charge in [0.2, 0.25) is 0 Å². The van der Waals surface area contributed by atoms with Crippen LogP contribution in [0.3, 0.4) is 0 Å². The fourth-order valence-electron chi connectivity index (χ4n) is 2.69. The van der Waals surface area contributed by atoms with Crippen molar-refractivity contribution < 1.29 is 4.74 Å². The Labute approximate surface area is 140 Å². The first kappa shape index (κ1) is 14.2. The van der Waals surface area contributed by atoms with Crippen molar-refractivity contribution in [3.05, 3.63) is 102 Å². The minimum Gasteiger partial charge on any atom is -0.457 e. The minimum absolute atomic E-state index is 0.248. The van der Waals surface area contributed by atoms with Crippen molar-refractivity contribution in [1.29, 1.82) is 0 Å². The van der Waals surface area contributed by atoms with Crippen molar-refractivity contribution in [2.75, 3.05) is 0 Å². The molecule has 3 aromatic rings. The van der Waals surface area contributed by atoms with Crippen LogP contribution >= 0.6 is 11.8 Å². The second-order valence-electron chi connectivity index (χ2n) is 5.39. The van der Waals surface area contributed by atoms with E-state index in [1.807, 2.05) is 48.2 Å². The van der Waals surface area contributed by atoms with Gasteiger partial charge >= 0.3 is 0 Å². The number of para-hydroxylation sites is 1. The van der Waals surface area contributed by atoms with Crippen LogP contribution in [0.1, 0.15) is 16.4 Å². The van der Waals surface area contributed by atoms with Crippen LogP contribution in [-0.2, 0) is 0 Å². The van der Waals surface area contributed by atoms with E-state index in [4.69, 9.17) is 4.74 Å². The standard InChI is InChI=1S/C21H16OS/c1-3-9-16(10-4-1)20-15-21(23-17-11-5-2-6-12-17)18-13-7-8-14-19(18)22-20/h1-15,21H. The minimum atomic E-state index is 0.248. The molecule has 0 fully saturated rings. The highest BCUT2D eigenvalue weighted by Crippen LogP contribution is 2.45. The smallest absolute Gasteiger partial charge is 0.132 e. The second kappa shape index (κ2) is 6.35. The zero-order valence-electron chi connectivity index (χ0n) is 12.6. The summed E-state index contributed by atoms with van der Waals surface area (Å²) in [5.74, 6) is 1.88. The van der Waals surface area contributed by atoms with Crippen LogP contribution in [0.4, 0.5) is 0 Å². The predicted molar refractivity (Wildman–Crippen MR) is 96.5 cm³/mol. The van der Waals surface area contributed by atoms with Crippen LogP contribution in [0.2, 0.25) is 0 Å². The zero-order chi connectivity index (χ0) is 15.5. The fraction of sp³-hybridized carbons (Fsp3) is 0.0476. The fourth-order valence-corrected chi connectivity index (χ4v) is 3.81. The number of ether oxygens (including phenoxy) is 1. The van der Waals surface area contributed by atoms with Gasteiger partial charge in [0, 0.05) is 16.0 Å². The molecule has 0 aromatic heterocycles. The molecule has 1 nitrogen and oxygen atoms in total. The first-order chi connectivity index (χ1) is 11.4. The van der Waals surface area contributed by atoms with Gasteiger partial charge in [-0.1, -0.05) is 66.7 Å². The second-order valence-corrected chi connectivity index (χ2v) is 6.60. The highest BCUT2D eigenvalue weighted by molar-refractivity contribution is 7.99. The van der Waals surface area contributed by atoms with E-state index in [-0.39, 0.29) is 5.25 Å². The summed E-state index contributed by atoms with van der Waals surface area (Å²) in [6, 6.07) is 29.1. The summed E-state index contributed by atoms with van der Waals surface area (Å²) < 4.78 is 6.13. The molecule has 0 amide bonds. The van der Waals surface area contributed by atoms with Crippen molar-refractivity contribution in [2.24, 2.45) is 0 Å². The highest BCUT2D eigenvalue weighted by atomic mass is 32.2. The molecule has 0 saturated carbocycles. The van der Waals surface area contributed by atoms with Gasteiger partial charge in [-0.3, -0.25) is 0 Å². The van der Waals surface area contributed by atoms with Gasteiger partial charge in [0.15, 0.2) is 0 Å². The van der Waals surface area contributed by atoms with E-state index in [0.29, 0.717) is 0 Å². The molecule has 0 radical (unpaired) electrons. The summed E-state index contributed by atoms with van der Waals surface area (Å²) in [6.45, 7) is 0. The van der Waals surface area contributed by atoms with Crippen LogP contribution < -0.4 is 4.74 Å². The quantitative estimate of drug-likeness (QED) is 0.590. The van der Waals surface area contributed by atoms with Crippen molar-refractivity contribution in [3.63, 3.8) is 0 Å². The van der Waals surface area contributed by atoms with Crippen LogP contribution in [-0.4, -0.2) is 0 Å². The van der Waals surface area contributed by atoms with Crippen molar-refractivity contribution in [3.8, 4) is 5.75 Å². The Balaban J connectivity index is 1.73. The molecule has 112 valence electrons. The first-order valence-corrected chi connectivity index (χ1v) is 8.54. The van der Waals surface area contributed by atoms with E-state index in [1.54, 1.807) is 0 Å². The molecule has 0 N–H and O–H groups in total. The highest BCUT2D eigenvalue weighted by Gasteiger charge is 2.23. The Morgan fingerprint density at radius 3 is 2.13 bits per heavy atom. The topological polar surface area (TPSA) is 9.23 Å². The van der Waals surface area contributed by atoms with Gasteiger partial charge in [-0.05, 0) is 24.3 Å². The average molecular weight is 316 g/mol. The summed E-state index contributed by atoms with van der Waals surface area (Å²) >= 11 is 1.85. The van der Waals surface area contributed by atoms with Crippen LogP contribution in [0.15, 0.2) is 95.9 Å². The Morgan fingerprint density at radius 2 is 1.35 bits per heavy atom. The maximum Gasteiger partial charge on any atom is 0.132 e. The molecule has 4 rings (SSSR count). The average Bonchev–Trinajstić information content (AvgIpc) is 2.63. The summed E-state index contributed by atoms with van der Waals surface area (Å²) in [6.07, 6.45) is 2.22. The monoisotopic (exact) mass is 316 g/mol. The van der Waals surface area contributed by atoms with Crippen molar-refractivity contribution >= 4 is 17.5 Å². The number of hydrogen-bond acceptors (Lipinski definition) is 2. The summed E-state index contributed by atoms with van der Waals surface area (Å²) in [5.41, 5.74) is 2.33. The number of hydrogen-bond donors (Lipinski definition) is 0. The molecule has 1 aliphatic rings. The van der Waals surface area contributed by atoms with Gasteiger partial charge in [0.25, 0.3) is 0 Å². The van der Waals surface area contributed by atoms with E-state index in [2.05, 4.69) is 54.6 Å². The van der Waals surface area contributed by atoms with E-state index in [0.717, 1.165) is 17.1 Å². The van der Waals surface area contributed by atoms with Crippen molar-refractivity contribution in [1.82, 2.24) is 0 Å². The molecule has 1 aliphatic heterocycles. The van der Waals surface area contributed by atoms with Gasteiger partial charge in [0.05, 0.1) is 5.25 Å². The first-order valence-electron chi connectivity index (χ1n) is 7.66. The van der Waals surface area contributed by atoms with Gasteiger partial charge in [-0.25, -0.2) is 0 Å². The van der Waals surface area contributed by atoms with Crippen LogP contribution in [0.5, 0.6) is 5.75 Å². The van der Waals surface area contributed by atoms with E-state index in [1.165, 1.54) is 10.5 Å². The Bertz CT molecular complexity index is 825. The predicted octanol–water partition coefficient (Wildman–Crippen LogP) is 5.95. The molecule has 1 heterocycles. The van der Waals surface area contributed by atoms with Gasteiger partial charge in [0.1, 0.15) is 11.5 Å². The maximum atomic E-state index is 6.13. The molecule has 0 spiro atoms. The molecule has 0 saturated heterocycles. The third-order valence-corrected chi connectivity index (χ3v) is 5.00. The molecule has 1 atom stereocenters. The Hall–Kier alpha value is -2.45. The van der Waals surface area contributed by atoms with Crippen LogP contribution in [0, 0.1) is 0 Å². The largest absolute Gasteiger partial charge is 0.457 e. The Morgan fingerprint density at radius 1 is 0.696 bits per heavy atom. The van der Waals surface area contributed by atoms with E-state index < -0.39 is 0 Å².